The Balaban J connectivity index is 1.89. The summed E-state index contributed by atoms with van der Waals surface area (Å²) < 4.78 is 1.11. The number of benzene rings is 2. The second kappa shape index (κ2) is 6.80. The lowest BCUT2D eigenvalue weighted by molar-refractivity contribution is 0.475. The number of rotatable bonds is 5. The van der Waals surface area contributed by atoms with Crippen LogP contribution in [-0.2, 0) is 6.42 Å². The quantitative estimate of drug-likeness (QED) is 0.815. The highest BCUT2D eigenvalue weighted by Gasteiger charge is 2.05. The molecule has 3 heteroatoms. The van der Waals surface area contributed by atoms with Gasteiger partial charge in [0.2, 0.25) is 0 Å². The molecule has 0 saturated heterocycles. The summed E-state index contributed by atoms with van der Waals surface area (Å²) in [5.41, 5.74) is 3.69. The van der Waals surface area contributed by atoms with E-state index >= 15 is 0 Å². The summed E-state index contributed by atoms with van der Waals surface area (Å²) in [6, 6.07) is 14.1. The Morgan fingerprint density at radius 3 is 2.50 bits per heavy atom. The molecule has 0 fully saturated rings. The fourth-order valence-electron chi connectivity index (χ4n) is 2.17. The predicted octanol–water partition coefficient (Wildman–Crippen LogP) is 4.90. The van der Waals surface area contributed by atoms with Crippen LogP contribution in [0.1, 0.15) is 24.5 Å². The Labute approximate surface area is 129 Å². The molecule has 0 spiro atoms. The summed E-state index contributed by atoms with van der Waals surface area (Å²) in [5.74, 6) is 0.324. The van der Waals surface area contributed by atoms with Gasteiger partial charge in [-0.15, -0.1) is 0 Å². The molecule has 0 heterocycles. The molecule has 0 amide bonds. The SMILES string of the molecule is Cc1cc(Br)ccc1NC(C)CCc1ccc(O)cc1. The zero-order valence-electron chi connectivity index (χ0n) is 11.9. The van der Waals surface area contributed by atoms with Gasteiger partial charge in [0.1, 0.15) is 5.75 Å². The Bertz CT molecular complexity index is 566. The van der Waals surface area contributed by atoms with Crippen molar-refractivity contribution in [2.24, 2.45) is 0 Å². The standard InChI is InChI=1S/C17H20BrNO/c1-12-11-15(18)7-10-17(12)19-13(2)3-4-14-5-8-16(20)9-6-14/h5-11,13,19-20H,3-4H2,1-2H3. The normalized spacial score (nSPS) is 12.2. The van der Waals surface area contributed by atoms with Crippen LogP contribution in [0.5, 0.6) is 5.75 Å². The first-order valence-corrected chi connectivity index (χ1v) is 7.64. The first kappa shape index (κ1) is 14.9. The van der Waals surface area contributed by atoms with E-state index in [1.807, 2.05) is 12.1 Å². The Kier molecular flexibility index (Phi) is 5.07. The van der Waals surface area contributed by atoms with Crippen LogP contribution in [0.2, 0.25) is 0 Å². The van der Waals surface area contributed by atoms with Crippen molar-refractivity contribution in [3.8, 4) is 5.75 Å². The highest BCUT2D eigenvalue weighted by molar-refractivity contribution is 9.10. The number of aryl methyl sites for hydroxylation is 2. The molecule has 20 heavy (non-hydrogen) atoms. The van der Waals surface area contributed by atoms with Crippen LogP contribution in [0.15, 0.2) is 46.9 Å². The zero-order chi connectivity index (χ0) is 14.5. The molecule has 2 nitrogen and oxygen atoms in total. The Morgan fingerprint density at radius 1 is 1.15 bits per heavy atom. The van der Waals surface area contributed by atoms with Crippen molar-refractivity contribution < 1.29 is 5.11 Å². The molecular formula is C17H20BrNO. The predicted molar refractivity (Wildman–Crippen MR) is 88.4 cm³/mol. The van der Waals surface area contributed by atoms with Crippen molar-refractivity contribution >= 4 is 21.6 Å². The summed E-state index contributed by atoms with van der Waals surface area (Å²) in [4.78, 5) is 0. The lowest BCUT2D eigenvalue weighted by Gasteiger charge is -2.17. The fraction of sp³-hybridized carbons (Fsp3) is 0.294. The maximum atomic E-state index is 9.27. The van der Waals surface area contributed by atoms with Crippen molar-refractivity contribution in [2.75, 3.05) is 5.32 Å². The van der Waals surface area contributed by atoms with Crippen LogP contribution in [0.3, 0.4) is 0 Å². The van der Waals surface area contributed by atoms with Gasteiger partial charge in [-0.05, 0) is 68.1 Å². The highest BCUT2D eigenvalue weighted by Crippen LogP contribution is 2.21. The minimum absolute atomic E-state index is 0.324. The number of hydrogen-bond acceptors (Lipinski definition) is 2. The molecule has 1 unspecified atom stereocenters. The number of nitrogens with one attached hydrogen (secondary N) is 1. The second-order valence-corrected chi connectivity index (χ2v) is 6.13. The molecule has 0 radical (unpaired) electrons. The largest absolute Gasteiger partial charge is 0.508 e. The van der Waals surface area contributed by atoms with Gasteiger partial charge in [-0.3, -0.25) is 0 Å². The number of hydrogen-bond donors (Lipinski definition) is 2. The van der Waals surface area contributed by atoms with Gasteiger partial charge in [-0.1, -0.05) is 28.1 Å². The van der Waals surface area contributed by atoms with Gasteiger partial charge in [-0.2, -0.15) is 0 Å². The molecule has 0 bridgehead atoms. The van der Waals surface area contributed by atoms with E-state index in [2.05, 4.69) is 53.3 Å². The lowest BCUT2D eigenvalue weighted by atomic mass is 10.1. The molecule has 0 aliphatic rings. The zero-order valence-corrected chi connectivity index (χ0v) is 13.4. The number of phenols is 1. The van der Waals surface area contributed by atoms with Crippen LogP contribution in [-0.4, -0.2) is 11.1 Å². The average molecular weight is 334 g/mol. The van der Waals surface area contributed by atoms with Crippen molar-refractivity contribution in [2.45, 2.75) is 32.7 Å². The van der Waals surface area contributed by atoms with Crippen molar-refractivity contribution in [3.05, 3.63) is 58.1 Å². The summed E-state index contributed by atoms with van der Waals surface area (Å²) in [6.07, 6.45) is 2.06. The minimum atomic E-state index is 0.324. The van der Waals surface area contributed by atoms with E-state index in [9.17, 15) is 5.11 Å². The molecule has 0 saturated carbocycles. The van der Waals surface area contributed by atoms with Crippen molar-refractivity contribution in [1.29, 1.82) is 0 Å². The summed E-state index contributed by atoms with van der Waals surface area (Å²) in [5, 5.41) is 12.8. The van der Waals surface area contributed by atoms with Gasteiger partial charge in [0, 0.05) is 16.2 Å². The third-order valence-electron chi connectivity index (χ3n) is 3.39. The molecule has 2 rings (SSSR count). The number of anilines is 1. The monoisotopic (exact) mass is 333 g/mol. The topological polar surface area (TPSA) is 32.3 Å². The van der Waals surface area contributed by atoms with Crippen LogP contribution >= 0.6 is 15.9 Å². The van der Waals surface area contributed by atoms with Crippen LogP contribution in [0.4, 0.5) is 5.69 Å². The van der Waals surface area contributed by atoms with E-state index in [0.29, 0.717) is 11.8 Å². The molecule has 1 atom stereocenters. The minimum Gasteiger partial charge on any atom is -0.508 e. The molecular weight excluding hydrogens is 314 g/mol. The smallest absolute Gasteiger partial charge is 0.115 e. The summed E-state index contributed by atoms with van der Waals surface area (Å²) in [6.45, 7) is 4.31. The third-order valence-corrected chi connectivity index (χ3v) is 3.89. The lowest BCUT2D eigenvalue weighted by Crippen LogP contribution is -2.16. The number of phenolic OH excluding ortho intramolecular Hbond substituents is 1. The number of halogens is 1. The van der Waals surface area contributed by atoms with Gasteiger partial charge in [0.25, 0.3) is 0 Å². The molecule has 0 aromatic heterocycles. The van der Waals surface area contributed by atoms with Crippen molar-refractivity contribution in [1.82, 2.24) is 0 Å². The second-order valence-electron chi connectivity index (χ2n) is 5.21. The van der Waals surface area contributed by atoms with E-state index < -0.39 is 0 Å². The van der Waals surface area contributed by atoms with E-state index in [0.717, 1.165) is 17.3 Å². The van der Waals surface area contributed by atoms with E-state index in [1.54, 1.807) is 12.1 Å². The van der Waals surface area contributed by atoms with Crippen LogP contribution < -0.4 is 5.32 Å². The summed E-state index contributed by atoms with van der Waals surface area (Å²) in [7, 11) is 0. The van der Waals surface area contributed by atoms with Crippen LogP contribution in [0.25, 0.3) is 0 Å². The molecule has 2 aromatic rings. The molecule has 2 N–H and O–H groups in total. The molecule has 106 valence electrons. The molecule has 0 aliphatic carbocycles. The van der Waals surface area contributed by atoms with Gasteiger partial charge in [0.15, 0.2) is 0 Å². The summed E-state index contributed by atoms with van der Waals surface area (Å²) >= 11 is 3.48. The van der Waals surface area contributed by atoms with Gasteiger partial charge in [-0.25, -0.2) is 0 Å². The highest BCUT2D eigenvalue weighted by atomic mass is 79.9. The Hall–Kier alpha value is -1.48. The van der Waals surface area contributed by atoms with Crippen molar-refractivity contribution in [3.63, 3.8) is 0 Å². The first-order valence-electron chi connectivity index (χ1n) is 6.85. The van der Waals surface area contributed by atoms with Gasteiger partial charge >= 0.3 is 0 Å². The Morgan fingerprint density at radius 2 is 1.85 bits per heavy atom. The van der Waals surface area contributed by atoms with Crippen LogP contribution in [0, 0.1) is 6.92 Å². The van der Waals surface area contributed by atoms with E-state index in [4.69, 9.17) is 0 Å². The maximum Gasteiger partial charge on any atom is 0.115 e. The van der Waals surface area contributed by atoms with E-state index in [1.165, 1.54) is 16.8 Å². The third kappa shape index (κ3) is 4.27. The van der Waals surface area contributed by atoms with Gasteiger partial charge < -0.3 is 10.4 Å². The average Bonchev–Trinajstić information content (AvgIpc) is 2.41. The van der Waals surface area contributed by atoms with E-state index in [-0.39, 0.29) is 0 Å². The fourth-order valence-corrected chi connectivity index (χ4v) is 2.65. The number of aromatic hydroxyl groups is 1. The first-order chi connectivity index (χ1) is 9.54. The van der Waals surface area contributed by atoms with Gasteiger partial charge in [0.05, 0.1) is 0 Å². The molecule has 0 aliphatic heterocycles. The molecule has 2 aromatic carbocycles. The maximum absolute atomic E-state index is 9.27.